The zero-order chi connectivity index (χ0) is 15.8. The molecule has 2 rings (SSSR count). The summed E-state index contributed by atoms with van der Waals surface area (Å²) in [5.41, 5.74) is 0. The third kappa shape index (κ3) is 5.41. The monoisotopic (exact) mass is 312 g/mol. The van der Waals surface area contributed by atoms with Gasteiger partial charge in [-0.1, -0.05) is 13.8 Å². The Labute approximate surface area is 134 Å². The molecule has 0 bridgehead atoms. The Morgan fingerprint density at radius 3 is 2.59 bits per heavy atom. The van der Waals surface area contributed by atoms with E-state index in [1.165, 1.54) is 6.42 Å². The molecule has 6 nitrogen and oxygen atoms in total. The van der Waals surface area contributed by atoms with Crippen LogP contribution in [0.2, 0.25) is 0 Å². The van der Waals surface area contributed by atoms with Crippen LogP contribution in [0, 0.1) is 5.92 Å². The van der Waals surface area contributed by atoms with Gasteiger partial charge in [-0.25, -0.2) is 0 Å². The molecule has 2 saturated heterocycles. The Morgan fingerprint density at radius 1 is 1.23 bits per heavy atom. The van der Waals surface area contributed by atoms with Crippen molar-refractivity contribution in [2.45, 2.75) is 38.8 Å². The van der Waals surface area contributed by atoms with Crippen LogP contribution in [-0.2, 0) is 9.47 Å². The van der Waals surface area contributed by atoms with Crippen LogP contribution in [-0.4, -0.2) is 76.1 Å². The maximum Gasteiger partial charge on any atom is 0.191 e. The average Bonchev–Trinajstić information content (AvgIpc) is 3.04. The van der Waals surface area contributed by atoms with Crippen molar-refractivity contribution in [3.8, 4) is 0 Å². The van der Waals surface area contributed by atoms with Crippen molar-refractivity contribution >= 4 is 5.96 Å². The van der Waals surface area contributed by atoms with E-state index >= 15 is 0 Å². The molecular weight excluding hydrogens is 280 g/mol. The maximum absolute atomic E-state index is 5.64. The minimum absolute atomic E-state index is 0.332. The van der Waals surface area contributed by atoms with Gasteiger partial charge in [0, 0.05) is 45.9 Å². The van der Waals surface area contributed by atoms with E-state index in [2.05, 4.69) is 34.4 Å². The van der Waals surface area contributed by atoms with Crippen LogP contribution in [0.15, 0.2) is 4.99 Å². The van der Waals surface area contributed by atoms with E-state index in [1.807, 2.05) is 7.05 Å². The van der Waals surface area contributed by atoms with Crippen LogP contribution in [0.25, 0.3) is 0 Å². The van der Waals surface area contributed by atoms with Gasteiger partial charge in [0.25, 0.3) is 0 Å². The standard InChI is InChI=1S/C16H32N4O2/c1-13(2)15(20-6-9-21-10-7-20)12-19-16(17-3)18-11-14-5-4-8-22-14/h13-15H,4-12H2,1-3H3,(H2,17,18,19). The second-order valence-corrected chi connectivity index (χ2v) is 6.43. The van der Waals surface area contributed by atoms with Crippen molar-refractivity contribution in [3.63, 3.8) is 0 Å². The first-order chi connectivity index (χ1) is 10.7. The summed E-state index contributed by atoms with van der Waals surface area (Å²) in [5, 5.41) is 6.85. The summed E-state index contributed by atoms with van der Waals surface area (Å²) >= 11 is 0. The molecule has 0 aromatic rings. The minimum atomic E-state index is 0.332. The number of morpholine rings is 1. The van der Waals surface area contributed by atoms with Gasteiger partial charge in [0.05, 0.1) is 19.3 Å². The van der Waals surface area contributed by atoms with Crippen molar-refractivity contribution in [2.24, 2.45) is 10.9 Å². The number of aliphatic imine (C=N–C) groups is 1. The number of nitrogens with one attached hydrogen (secondary N) is 2. The molecule has 128 valence electrons. The number of guanidine groups is 1. The van der Waals surface area contributed by atoms with Crippen molar-refractivity contribution in [1.29, 1.82) is 0 Å². The zero-order valence-corrected chi connectivity index (χ0v) is 14.3. The van der Waals surface area contributed by atoms with Gasteiger partial charge in [0.15, 0.2) is 5.96 Å². The Balaban J connectivity index is 1.76. The predicted molar refractivity (Wildman–Crippen MR) is 89.4 cm³/mol. The lowest BCUT2D eigenvalue weighted by Gasteiger charge is -2.37. The summed E-state index contributed by atoms with van der Waals surface area (Å²) in [6, 6.07) is 0.505. The van der Waals surface area contributed by atoms with E-state index < -0.39 is 0 Å². The van der Waals surface area contributed by atoms with Crippen LogP contribution in [0.4, 0.5) is 0 Å². The summed E-state index contributed by atoms with van der Waals surface area (Å²) in [6.45, 7) is 10.9. The molecule has 2 atom stereocenters. The Bertz CT molecular complexity index is 337. The summed E-state index contributed by atoms with van der Waals surface area (Å²) in [4.78, 5) is 6.84. The maximum atomic E-state index is 5.64. The summed E-state index contributed by atoms with van der Waals surface area (Å²) in [6.07, 6.45) is 2.65. The second-order valence-electron chi connectivity index (χ2n) is 6.43. The summed E-state index contributed by atoms with van der Waals surface area (Å²) in [5.74, 6) is 1.47. The topological polar surface area (TPSA) is 58.1 Å². The van der Waals surface area contributed by atoms with E-state index in [-0.39, 0.29) is 0 Å². The van der Waals surface area contributed by atoms with E-state index in [0.29, 0.717) is 18.1 Å². The van der Waals surface area contributed by atoms with Gasteiger partial charge in [-0.15, -0.1) is 0 Å². The van der Waals surface area contributed by atoms with E-state index in [0.717, 1.165) is 58.4 Å². The van der Waals surface area contributed by atoms with E-state index in [4.69, 9.17) is 9.47 Å². The number of hydrogen-bond donors (Lipinski definition) is 2. The highest BCUT2D eigenvalue weighted by molar-refractivity contribution is 5.79. The van der Waals surface area contributed by atoms with Crippen LogP contribution in [0.5, 0.6) is 0 Å². The second kappa shape index (κ2) is 9.33. The third-order valence-corrected chi connectivity index (χ3v) is 4.51. The predicted octanol–water partition coefficient (Wildman–Crippen LogP) is 0.687. The molecule has 0 aromatic heterocycles. The normalized spacial score (nSPS) is 25.5. The Kier molecular flexibility index (Phi) is 7.42. The smallest absolute Gasteiger partial charge is 0.191 e. The fourth-order valence-corrected chi connectivity index (χ4v) is 3.13. The Morgan fingerprint density at radius 2 is 2.00 bits per heavy atom. The molecule has 6 heteroatoms. The van der Waals surface area contributed by atoms with Crippen LogP contribution >= 0.6 is 0 Å². The zero-order valence-electron chi connectivity index (χ0n) is 14.3. The minimum Gasteiger partial charge on any atom is -0.379 e. The Hall–Kier alpha value is -0.850. The van der Waals surface area contributed by atoms with Gasteiger partial charge in [0.1, 0.15) is 0 Å². The lowest BCUT2D eigenvalue weighted by atomic mass is 10.0. The van der Waals surface area contributed by atoms with Crippen LogP contribution in [0.1, 0.15) is 26.7 Å². The average molecular weight is 312 g/mol. The molecule has 2 aliphatic rings. The highest BCUT2D eigenvalue weighted by atomic mass is 16.5. The number of ether oxygens (including phenoxy) is 2. The van der Waals surface area contributed by atoms with Crippen molar-refractivity contribution in [2.75, 3.05) is 53.0 Å². The van der Waals surface area contributed by atoms with Gasteiger partial charge in [-0.2, -0.15) is 0 Å². The lowest BCUT2D eigenvalue weighted by molar-refractivity contribution is 0.00751. The molecule has 0 saturated carbocycles. The first kappa shape index (κ1) is 17.5. The molecule has 2 heterocycles. The number of nitrogens with zero attached hydrogens (tertiary/aromatic N) is 2. The van der Waals surface area contributed by atoms with Crippen LogP contribution in [0.3, 0.4) is 0 Å². The van der Waals surface area contributed by atoms with Gasteiger partial charge < -0.3 is 20.1 Å². The fraction of sp³-hybridized carbons (Fsp3) is 0.938. The first-order valence-corrected chi connectivity index (χ1v) is 8.58. The highest BCUT2D eigenvalue weighted by Crippen LogP contribution is 2.12. The van der Waals surface area contributed by atoms with E-state index in [9.17, 15) is 0 Å². The molecule has 0 radical (unpaired) electrons. The highest BCUT2D eigenvalue weighted by Gasteiger charge is 2.24. The summed E-state index contributed by atoms with van der Waals surface area (Å²) in [7, 11) is 1.82. The summed E-state index contributed by atoms with van der Waals surface area (Å²) < 4.78 is 11.1. The van der Waals surface area contributed by atoms with Gasteiger partial charge in [0.2, 0.25) is 0 Å². The molecule has 2 unspecified atom stereocenters. The molecule has 2 fully saturated rings. The lowest BCUT2D eigenvalue weighted by Crippen LogP contribution is -2.53. The van der Waals surface area contributed by atoms with E-state index in [1.54, 1.807) is 0 Å². The van der Waals surface area contributed by atoms with Crippen molar-refractivity contribution in [1.82, 2.24) is 15.5 Å². The largest absolute Gasteiger partial charge is 0.379 e. The van der Waals surface area contributed by atoms with Crippen molar-refractivity contribution in [3.05, 3.63) is 0 Å². The molecule has 0 amide bonds. The molecule has 0 aromatic carbocycles. The SMILES string of the molecule is CN=C(NCC1CCCO1)NCC(C(C)C)N1CCOCC1. The number of hydrogen-bond acceptors (Lipinski definition) is 4. The van der Waals surface area contributed by atoms with Crippen molar-refractivity contribution < 1.29 is 9.47 Å². The quantitative estimate of drug-likeness (QED) is 0.558. The fourth-order valence-electron chi connectivity index (χ4n) is 3.13. The van der Waals surface area contributed by atoms with Gasteiger partial charge in [-0.3, -0.25) is 9.89 Å². The molecular formula is C16H32N4O2. The molecule has 2 N–H and O–H groups in total. The first-order valence-electron chi connectivity index (χ1n) is 8.58. The third-order valence-electron chi connectivity index (χ3n) is 4.51. The molecule has 2 aliphatic heterocycles. The number of rotatable bonds is 6. The molecule has 0 aliphatic carbocycles. The van der Waals surface area contributed by atoms with Crippen LogP contribution < -0.4 is 10.6 Å². The van der Waals surface area contributed by atoms with Gasteiger partial charge in [-0.05, 0) is 18.8 Å². The molecule has 0 spiro atoms. The molecule has 22 heavy (non-hydrogen) atoms. The van der Waals surface area contributed by atoms with Gasteiger partial charge >= 0.3 is 0 Å².